The van der Waals surface area contributed by atoms with Crippen molar-refractivity contribution in [3.63, 3.8) is 0 Å². The quantitative estimate of drug-likeness (QED) is 0.727. The monoisotopic (exact) mass is 219 g/mol. The smallest absolute Gasteiger partial charge is 0.0721 e. The molecule has 0 aliphatic carbocycles. The summed E-state index contributed by atoms with van der Waals surface area (Å²) in [7, 11) is 0. The maximum Gasteiger partial charge on any atom is 0.0721 e. The minimum atomic E-state index is -0.0672. The van der Waals surface area contributed by atoms with E-state index >= 15 is 0 Å². The average Bonchev–Trinajstić information content (AvgIpc) is 2.04. The van der Waals surface area contributed by atoms with Crippen LogP contribution in [0.25, 0.3) is 0 Å². The summed E-state index contributed by atoms with van der Waals surface area (Å²) in [4.78, 5) is 0. The fourth-order valence-corrected chi connectivity index (χ4v) is 1.84. The third-order valence-corrected chi connectivity index (χ3v) is 2.40. The Kier molecular flexibility index (Phi) is 3.56. The van der Waals surface area contributed by atoms with Crippen molar-refractivity contribution in [3.05, 3.63) is 34.3 Å². The van der Waals surface area contributed by atoms with E-state index in [-0.39, 0.29) is 18.4 Å². The first kappa shape index (κ1) is 10.8. The highest BCUT2D eigenvalue weighted by Gasteiger charge is 2.19. The molecule has 2 nitrogen and oxygen atoms in total. The largest absolute Gasteiger partial charge is 0.375 e. The van der Waals surface area contributed by atoms with Gasteiger partial charge in [0.1, 0.15) is 0 Å². The Bertz CT molecular complexity index is 304. The molecular weight excluding hydrogens is 209 g/mol. The van der Waals surface area contributed by atoms with Crippen molar-refractivity contribution >= 4 is 24.0 Å². The van der Waals surface area contributed by atoms with E-state index in [0.717, 1.165) is 16.1 Å². The van der Waals surface area contributed by atoms with Crippen molar-refractivity contribution in [3.8, 4) is 0 Å². The van der Waals surface area contributed by atoms with Crippen LogP contribution in [0.2, 0.25) is 5.02 Å². The van der Waals surface area contributed by atoms with E-state index in [2.05, 4.69) is 0 Å². The lowest BCUT2D eigenvalue weighted by molar-refractivity contribution is 0.0924. The van der Waals surface area contributed by atoms with Gasteiger partial charge in [0.15, 0.2) is 0 Å². The van der Waals surface area contributed by atoms with Crippen molar-refractivity contribution in [1.82, 2.24) is 0 Å². The molecule has 4 heteroatoms. The van der Waals surface area contributed by atoms with Crippen LogP contribution in [0, 0.1) is 0 Å². The predicted molar refractivity (Wildman–Crippen MR) is 55.3 cm³/mol. The molecule has 0 radical (unpaired) electrons. The minimum Gasteiger partial charge on any atom is -0.375 e. The lowest BCUT2D eigenvalue weighted by atomic mass is 10.00. The molecule has 1 aliphatic heterocycles. The van der Waals surface area contributed by atoms with Crippen molar-refractivity contribution in [1.29, 1.82) is 0 Å². The van der Waals surface area contributed by atoms with Gasteiger partial charge >= 0.3 is 0 Å². The minimum absolute atomic E-state index is 0. The maximum absolute atomic E-state index is 6.00. The van der Waals surface area contributed by atoms with E-state index in [1.165, 1.54) is 0 Å². The zero-order valence-electron chi connectivity index (χ0n) is 7.00. The van der Waals surface area contributed by atoms with Crippen molar-refractivity contribution in [2.75, 3.05) is 6.61 Å². The molecule has 1 aromatic rings. The molecule has 2 rings (SSSR count). The van der Waals surface area contributed by atoms with E-state index in [0.29, 0.717) is 13.2 Å². The van der Waals surface area contributed by atoms with Crippen LogP contribution >= 0.6 is 24.0 Å². The number of halogens is 2. The van der Waals surface area contributed by atoms with Crippen LogP contribution in [-0.2, 0) is 11.3 Å². The molecule has 0 aromatic heterocycles. The lowest BCUT2D eigenvalue weighted by Gasteiger charge is -2.23. The van der Waals surface area contributed by atoms with Crippen LogP contribution in [0.3, 0.4) is 0 Å². The molecule has 2 N–H and O–H groups in total. The summed E-state index contributed by atoms with van der Waals surface area (Å²) in [6.07, 6.45) is 0. The molecule has 1 aliphatic rings. The number of hydrogen-bond donors (Lipinski definition) is 1. The Balaban J connectivity index is 0.000000845. The summed E-state index contributed by atoms with van der Waals surface area (Å²) in [5.41, 5.74) is 8.00. The first-order chi connectivity index (χ1) is 5.79. The maximum atomic E-state index is 6.00. The van der Waals surface area contributed by atoms with Crippen LogP contribution < -0.4 is 5.73 Å². The van der Waals surface area contributed by atoms with Crippen LogP contribution in [0.5, 0.6) is 0 Å². The first-order valence-corrected chi connectivity index (χ1v) is 4.27. The van der Waals surface area contributed by atoms with Crippen molar-refractivity contribution < 1.29 is 4.74 Å². The van der Waals surface area contributed by atoms with Crippen LogP contribution in [-0.4, -0.2) is 6.61 Å². The summed E-state index contributed by atoms with van der Waals surface area (Å²) in [5, 5.41) is 0.753. The molecule has 0 amide bonds. The van der Waals surface area contributed by atoms with Gasteiger partial charge in [-0.05, 0) is 17.2 Å². The van der Waals surface area contributed by atoms with Gasteiger partial charge in [-0.25, -0.2) is 0 Å². The number of nitrogens with two attached hydrogens (primary N) is 1. The number of rotatable bonds is 0. The van der Waals surface area contributed by atoms with Gasteiger partial charge in [-0.15, -0.1) is 12.4 Å². The Morgan fingerprint density at radius 1 is 1.46 bits per heavy atom. The summed E-state index contributed by atoms with van der Waals surface area (Å²) >= 11 is 6.00. The zero-order chi connectivity index (χ0) is 8.55. The molecule has 0 saturated heterocycles. The normalized spacial score (nSPS) is 20.3. The highest BCUT2D eigenvalue weighted by atomic mass is 35.5. The highest BCUT2D eigenvalue weighted by Crippen LogP contribution is 2.29. The van der Waals surface area contributed by atoms with Gasteiger partial charge < -0.3 is 10.5 Å². The van der Waals surface area contributed by atoms with Gasteiger partial charge in [-0.1, -0.05) is 23.7 Å². The summed E-state index contributed by atoms with van der Waals surface area (Å²) in [5.74, 6) is 0. The van der Waals surface area contributed by atoms with E-state index in [9.17, 15) is 0 Å². The Morgan fingerprint density at radius 2 is 2.23 bits per heavy atom. The topological polar surface area (TPSA) is 35.2 Å². The third kappa shape index (κ3) is 1.97. The molecule has 1 heterocycles. The van der Waals surface area contributed by atoms with Gasteiger partial charge in [-0.2, -0.15) is 0 Å². The van der Waals surface area contributed by atoms with Crippen LogP contribution in [0.4, 0.5) is 0 Å². The molecule has 0 saturated carbocycles. The predicted octanol–water partition coefficient (Wildman–Crippen LogP) is 2.29. The van der Waals surface area contributed by atoms with E-state index < -0.39 is 0 Å². The van der Waals surface area contributed by atoms with Gasteiger partial charge in [0, 0.05) is 5.02 Å². The number of hydrogen-bond acceptors (Lipinski definition) is 2. The molecule has 72 valence electrons. The van der Waals surface area contributed by atoms with E-state index in [4.69, 9.17) is 22.1 Å². The van der Waals surface area contributed by atoms with Crippen LogP contribution in [0.1, 0.15) is 17.2 Å². The van der Waals surface area contributed by atoms with Crippen molar-refractivity contribution in [2.24, 2.45) is 5.73 Å². The lowest BCUT2D eigenvalue weighted by Crippen LogP contribution is -2.23. The second-order valence-electron chi connectivity index (χ2n) is 2.93. The first-order valence-electron chi connectivity index (χ1n) is 3.89. The van der Waals surface area contributed by atoms with Crippen molar-refractivity contribution in [2.45, 2.75) is 12.6 Å². The number of fused-ring (bicyclic) bond motifs is 1. The average molecular weight is 220 g/mol. The highest BCUT2D eigenvalue weighted by molar-refractivity contribution is 6.31. The third-order valence-electron chi connectivity index (χ3n) is 2.07. The number of ether oxygens (including phenoxy) is 1. The Hall–Kier alpha value is -0.280. The molecule has 1 aromatic carbocycles. The molecule has 0 spiro atoms. The summed E-state index contributed by atoms with van der Waals surface area (Å²) in [6, 6.07) is 5.72. The molecule has 0 fully saturated rings. The zero-order valence-corrected chi connectivity index (χ0v) is 8.57. The van der Waals surface area contributed by atoms with Gasteiger partial charge in [0.05, 0.1) is 19.3 Å². The van der Waals surface area contributed by atoms with E-state index in [1.54, 1.807) is 0 Å². The SMILES string of the molecule is Cl.NC1COCc2cccc(Cl)c21. The van der Waals surface area contributed by atoms with E-state index in [1.807, 2.05) is 18.2 Å². The van der Waals surface area contributed by atoms with Gasteiger partial charge in [-0.3, -0.25) is 0 Å². The molecule has 0 bridgehead atoms. The van der Waals surface area contributed by atoms with Gasteiger partial charge in [0.2, 0.25) is 0 Å². The van der Waals surface area contributed by atoms with Crippen LogP contribution in [0.15, 0.2) is 18.2 Å². The number of benzene rings is 1. The molecule has 13 heavy (non-hydrogen) atoms. The fraction of sp³-hybridized carbons (Fsp3) is 0.333. The second kappa shape index (κ2) is 4.29. The fourth-order valence-electron chi connectivity index (χ4n) is 1.50. The second-order valence-corrected chi connectivity index (χ2v) is 3.34. The van der Waals surface area contributed by atoms with Gasteiger partial charge in [0.25, 0.3) is 0 Å². The molecular formula is C9H11Cl2NO. The Labute approximate surface area is 88.4 Å². The summed E-state index contributed by atoms with van der Waals surface area (Å²) < 4.78 is 5.28. The summed E-state index contributed by atoms with van der Waals surface area (Å²) in [6.45, 7) is 1.19. The Morgan fingerprint density at radius 3 is 2.92 bits per heavy atom. The standard InChI is InChI=1S/C9H10ClNO.ClH/c10-7-3-1-2-6-4-12-5-8(11)9(6)7;/h1-3,8H,4-5,11H2;1H. The molecule has 1 unspecified atom stereocenters. The molecule has 1 atom stereocenters.